The maximum Gasteiger partial charge on any atom is 0.338 e. The van der Waals surface area contributed by atoms with Gasteiger partial charge in [-0.1, -0.05) is 18.2 Å². The summed E-state index contributed by atoms with van der Waals surface area (Å²) in [6, 6.07) is 9.26. The lowest BCUT2D eigenvalue weighted by molar-refractivity contribution is 0.0468. The van der Waals surface area contributed by atoms with Crippen LogP contribution in [0.2, 0.25) is 0 Å². The van der Waals surface area contributed by atoms with Crippen molar-refractivity contribution >= 4 is 21.9 Å². The van der Waals surface area contributed by atoms with Crippen LogP contribution in [0.15, 0.2) is 47.2 Å². The normalized spacial score (nSPS) is 10.1. The molecule has 1 aromatic carbocycles. The third-order valence-electron chi connectivity index (χ3n) is 2.28. The zero-order valence-corrected chi connectivity index (χ0v) is 10.9. The summed E-state index contributed by atoms with van der Waals surface area (Å²) in [6.45, 7) is -0.0918. The van der Waals surface area contributed by atoms with E-state index >= 15 is 0 Å². The number of pyridine rings is 1. The minimum absolute atomic E-state index is 0.0918. The largest absolute Gasteiger partial charge is 0.457 e. The number of carbonyl (C=O) groups excluding carboxylic acids is 1. The van der Waals surface area contributed by atoms with Gasteiger partial charge in [-0.25, -0.2) is 14.2 Å². The minimum Gasteiger partial charge on any atom is -0.457 e. The molecule has 0 N–H and O–H groups in total. The molecule has 0 amide bonds. The van der Waals surface area contributed by atoms with Crippen LogP contribution in [0.1, 0.15) is 15.9 Å². The van der Waals surface area contributed by atoms with Crippen LogP contribution < -0.4 is 0 Å². The summed E-state index contributed by atoms with van der Waals surface area (Å²) in [6.07, 6.45) is 1.49. The van der Waals surface area contributed by atoms with Gasteiger partial charge in [0.15, 0.2) is 0 Å². The number of halogens is 2. The zero-order valence-electron chi connectivity index (χ0n) is 9.27. The van der Waals surface area contributed by atoms with Crippen LogP contribution in [0.25, 0.3) is 0 Å². The fourth-order valence-corrected chi connectivity index (χ4v) is 1.74. The Morgan fingerprint density at radius 3 is 2.83 bits per heavy atom. The van der Waals surface area contributed by atoms with Crippen LogP contribution in [0.5, 0.6) is 0 Å². The molecule has 1 aromatic heterocycles. The number of hydrogen-bond acceptors (Lipinski definition) is 3. The number of ether oxygens (including phenoxy) is 1. The highest BCUT2D eigenvalue weighted by molar-refractivity contribution is 9.10. The molecule has 18 heavy (non-hydrogen) atoms. The van der Waals surface area contributed by atoms with Crippen LogP contribution >= 0.6 is 15.9 Å². The molecule has 0 spiro atoms. The number of nitrogens with zero attached hydrogens (tertiary/aromatic N) is 1. The average molecular weight is 310 g/mol. The Morgan fingerprint density at radius 1 is 1.33 bits per heavy atom. The van der Waals surface area contributed by atoms with Gasteiger partial charge in [0.25, 0.3) is 0 Å². The van der Waals surface area contributed by atoms with Crippen LogP contribution in [0, 0.1) is 5.82 Å². The molecule has 1 heterocycles. The number of hydrogen-bond donors (Lipinski definition) is 0. The van der Waals surface area contributed by atoms with Gasteiger partial charge in [0.05, 0.1) is 5.56 Å². The van der Waals surface area contributed by atoms with Crippen LogP contribution in [-0.4, -0.2) is 11.0 Å². The van der Waals surface area contributed by atoms with E-state index in [-0.39, 0.29) is 12.4 Å². The highest BCUT2D eigenvalue weighted by Crippen LogP contribution is 2.12. The van der Waals surface area contributed by atoms with Crippen molar-refractivity contribution in [3.63, 3.8) is 0 Å². The molecule has 2 aromatic rings. The van der Waals surface area contributed by atoms with E-state index in [2.05, 4.69) is 20.9 Å². The first-order valence-electron chi connectivity index (χ1n) is 5.19. The molecule has 0 aliphatic rings. The average Bonchev–Trinajstić information content (AvgIpc) is 2.37. The van der Waals surface area contributed by atoms with E-state index in [1.54, 1.807) is 24.3 Å². The monoisotopic (exact) mass is 309 g/mol. The smallest absolute Gasteiger partial charge is 0.338 e. The van der Waals surface area contributed by atoms with Crippen molar-refractivity contribution in [3.05, 3.63) is 64.1 Å². The van der Waals surface area contributed by atoms with Crippen molar-refractivity contribution in [3.8, 4) is 0 Å². The van der Waals surface area contributed by atoms with Crippen molar-refractivity contribution in [1.82, 2.24) is 4.98 Å². The van der Waals surface area contributed by atoms with E-state index in [9.17, 15) is 9.18 Å². The molecule has 92 valence electrons. The van der Waals surface area contributed by atoms with Gasteiger partial charge in [-0.15, -0.1) is 0 Å². The molecule has 3 nitrogen and oxygen atoms in total. The van der Waals surface area contributed by atoms with Crippen molar-refractivity contribution in [2.24, 2.45) is 0 Å². The molecule has 0 saturated carbocycles. The second kappa shape index (κ2) is 5.73. The lowest BCUT2D eigenvalue weighted by atomic mass is 10.2. The second-order valence-electron chi connectivity index (χ2n) is 3.53. The SMILES string of the molecule is O=C(OCc1ccccc1F)c1ccnc(Br)c1. The molecule has 0 fully saturated rings. The molecule has 0 saturated heterocycles. The first-order valence-corrected chi connectivity index (χ1v) is 5.98. The minimum atomic E-state index is -0.513. The topological polar surface area (TPSA) is 39.2 Å². The van der Waals surface area contributed by atoms with E-state index in [4.69, 9.17) is 4.74 Å². The molecule has 0 radical (unpaired) electrons. The van der Waals surface area contributed by atoms with Crippen molar-refractivity contribution in [1.29, 1.82) is 0 Å². The molecule has 0 aliphatic carbocycles. The molecule has 0 atom stereocenters. The predicted molar refractivity (Wildman–Crippen MR) is 67.5 cm³/mol. The maximum atomic E-state index is 13.3. The van der Waals surface area contributed by atoms with E-state index in [1.807, 2.05) is 0 Å². The zero-order chi connectivity index (χ0) is 13.0. The van der Waals surface area contributed by atoms with Gasteiger partial charge in [0, 0.05) is 11.8 Å². The lowest BCUT2D eigenvalue weighted by Gasteiger charge is -2.05. The molecule has 5 heteroatoms. The second-order valence-corrected chi connectivity index (χ2v) is 4.35. The van der Waals surface area contributed by atoms with Gasteiger partial charge in [0.1, 0.15) is 17.0 Å². The van der Waals surface area contributed by atoms with Crippen LogP contribution in [0.3, 0.4) is 0 Å². The molecule has 0 bridgehead atoms. The van der Waals surface area contributed by atoms with Gasteiger partial charge in [-0.2, -0.15) is 0 Å². The first kappa shape index (κ1) is 12.7. The predicted octanol–water partition coefficient (Wildman–Crippen LogP) is 3.34. The Labute approximate surface area is 112 Å². The third-order valence-corrected chi connectivity index (χ3v) is 2.71. The first-order chi connectivity index (χ1) is 8.66. The van der Waals surface area contributed by atoms with Crippen molar-refractivity contribution < 1.29 is 13.9 Å². The lowest BCUT2D eigenvalue weighted by Crippen LogP contribution is -2.06. The van der Waals surface area contributed by atoms with E-state index in [0.717, 1.165) is 0 Å². The quantitative estimate of drug-likeness (QED) is 0.645. The summed E-state index contributed by atoms with van der Waals surface area (Å²) in [5.41, 5.74) is 0.715. The van der Waals surface area contributed by atoms with Gasteiger partial charge in [-0.05, 0) is 34.1 Å². The molecule has 2 rings (SSSR count). The molecule has 0 unspecified atom stereocenters. The van der Waals surface area contributed by atoms with E-state index in [1.165, 1.54) is 18.3 Å². The van der Waals surface area contributed by atoms with Gasteiger partial charge >= 0.3 is 5.97 Å². The van der Waals surface area contributed by atoms with Crippen LogP contribution in [-0.2, 0) is 11.3 Å². The summed E-state index contributed by atoms with van der Waals surface area (Å²) in [7, 11) is 0. The summed E-state index contributed by atoms with van der Waals surface area (Å²) < 4.78 is 18.9. The standard InChI is InChI=1S/C13H9BrFNO2/c14-12-7-9(5-6-16-12)13(17)18-8-10-3-1-2-4-11(10)15/h1-7H,8H2. The Morgan fingerprint density at radius 2 is 2.11 bits per heavy atom. The van der Waals surface area contributed by atoms with Crippen LogP contribution in [0.4, 0.5) is 4.39 Å². The molecular weight excluding hydrogens is 301 g/mol. The van der Waals surface area contributed by atoms with E-state index < -0.39 is 5.97 Å². The molecule has 0 aliphatic heterocycles. The Kier molecular flexibility index (Phi) is 4.04. The number of benzene rings is 1. The Bertz CT molecular complexity index is 574. The fraction of sp³-hybridized carbons (Fsp3) is 0.0769. The fourth-order valence-electron chi connectivity index (χ4n) is 1.37. The summed E-state index contributed by atoms with van der Waals surface area (Å²) >= 11 is 3.16. The Hall–Kier alpha value is -1.75. The Balaban J connectivity index is 2.03. The summed E-state index contributed by atoms with van der Waals surface area (Å²) in [5, 5.41) is 0. The summed E-state index contributed by atoms with van der Waals surface area (Å²) in [5.74, 6) is -0.900. The number of aromatic nitrogens is 1. The van der Waals surface area contributed by atoms with Crippen molar-refractivity contribution in [2.45, 2.75) is 6.61 Å². The molecular formula is C13H9BrFNO2. The highest BCUT2D eigenvalue weighted by atomic mass is 79.9. The van der Waals surface area contributed by atoms with Gasteiger partial charge in [0.2, 0.25) is 0 Å². The maximum absolute atomic E-state index is 13.3. The third kappa shape index (κ3) is 3.13. The number of esters is 1. The van der Waals surface area contributed by atoms with Crippen molar-refractivity contribution in [2.75, 3.05) is 0 Å². The van der Waals surface area contributed by atoms with Gasteiger partial charge < -0.3 is 4.74 Å². The van der Waals surface area contributed by atoms with Gasteiger partial charge in [-0.3, -0.25) is 0 Å². The number of rotatable bonds is 3. The summed E-state index contributed by atoms with van der Waals surface area (Å²) in [4.78, 5) is 15.6. The number of carbonyl (C=O) groups is 1. The highest BCUT2D eigenvalue weighted by Gasteiger charge is 2.09. The van der Waals surface area contributed by atoms with E-state index in [0.29, 0.717) is 15.7 Å².